The molecule has 0 aromatic rings. The number of fused-ring (bicyclic) bond motifs is 5. The smallest absolute Gasteiger partial charge is 0.305 e. The summed E-state index contributed by atoms with van der Waals surface area (Å²) in [6.45, 7) is 12.9. The minimum absolute atomic E-state index is 0.0342. The molecule has 1 heterocycles. The van der Waals surface area contributed by atoms with Gasteiger partial charge in [0.15, 0.2) is 0 Å². The number of hydrogen-bond acceptors (Lipinski definition) is 4. The summed E-state index contributed by atoms with van der Waals surface area (Å²) in [7, 11) is 1.53. The zero-order valence-electron chi connectivity index (χ0n) is 24.0. The van der Waals surface area contributed by atoms with E-state index >= 15 is 0 Å². The molecule has 0 aromatic heterocycles. The van der Waals surface area contributed by atoms with Crippen LogP contribution < -0.4 is 5.32 Å². The monoisotopic (exact) mass is 500 g/mol. The van der Waals surface area contributed by atoms with Gasteiger partial charge in [-0.2, -0.15) is 0 Å². The predicted octanol–water partition coefficient (Wildman–Crippen LogP) is 6.68. The highest BCUT2D eigenvalue weighted by atomic mass is 16.5. The minimum atomic E-state index is -0.0342. The van der Waals surface area contributed by atoms with Crippen molar-refractivity contribution in [2.75, 3.05) is 33.3 Å². The minimum Gasteiger partial charge on any atom is -0.469 e. The number of carbonyl (C=O) groups excluding carboxylic acids is 1. The van der Waals surface area contributed by atoms with Crippen molar-refractivity contribution in [2.24, 2.45) is 46.3 Å². The first-order chi connectivity index (χ1) is 17.3. The Balaban J connectivity index is 1.16. The third-order valence-electron chi connectivity index (χ3n) is 12.8. The van der Waals surface area contributed by atoms with Gasteiger partial charge in [-0.25, -0.2) is 0 Å². The summed E-state index contributed by atoms with van der Waals surface area (Å²) < 4.78 is 4.94. The summed E-state index contributed by atoms with van der Waals surface area (Å²) in [6, 6.07) is 0.754. The Morgan fingerprint density at radius 1 is 0.972 bits per heavy atom. The van der Waals surface area contributed by atoms with Crippen molar-refractivity contribution in [3.63, 3.8) is 0 Å². The van der Waals surface area contributed by atoms with Gasteiger partial charge in [-0.15, -0.1) is 0 Å². The van der Waals surface area contributed by atoms with Crippen molar-refractivity contribution in [1.29, 1.82) is 0 Å². The lowest BCUT2D eigenvalue weighted by molar-refractivity contribution is -0.141. The molecule has 4 heteroatoms. The van der Waals surface area contributed by atoms with Crippen LogP contribution in [0.4, 0.5) is 0 Å². The topological polar surface area (TPSA) is 41.6 Å². The normalized spacial score (nSPS) is 43.8. The van der Waals surface area contributed by atoms with Crippen molar-refractivity contribution in [2.45, 2.75) is 117 Å². The molecule has 0 spiro atoms. The van der Waals surface area contributed by atoms with Gasteiger partial charge >= 0.3 is 5.97 Å². The van der Waals surface area contributed by atoms with Crippen molar-refractivity contribution >= 4 is 5.97 Å². The quantitative estimate of drug-likeness (QED) is 0.378. The van der Waals surface area contributed by atoms with Crippen LogP contribution >= 0.6 is 0 Å². The van der Waals surface area contributed by atoms with E-state index in [1.165, 1.54) is 110 Å². The number of hydrogen-bond donors (Lipinski definition) is 1. The van der Waals surface area contributed by atoms with Gasteiger partial charge in [0, 0.05) is 25.6 Å². The Hall–Kier alpha value is -0.610. The summed E-state index contributed by atoms with van der Waals surface area (Å²) in [5.74, 6) is 5.14. The number of nitrogens with zero attached hydrogens (tertiary/aromatic N) is 1. The van der Waals surface area contributed by atoms with Gasteiger partial charge in [0.1, 0.15) is 0 Å². The maximum Gasteiger partial charge on any atom is 0.305 e. The third-order valence-corrected chi connectivity index (χ3v) is 12.8. The van der Waals surface area contributed by atoms with Crippen LogP contribution in [0.15, 0.2) is 0 Å². The molecule has 1 saturated heterocycles. The van der Waals surface area contributed by atoms with Gasteiger partial charge in [-0.1, -0.05) is 27.2 Å². The Kier molecular flexibility index (Phi) is 8.43. The molecular formula is C32H56N2O2. The lowest BCUT2D eigenvalue weighted by Crippen LogP contribution is -2.55. The van der Waals surface area contributed by atoms with Crippen LogP contribution in [0, 0.1) is 46.3 Å². The Morgan fingerprint density at radius 3 is 2.50 bits per heavy atom. The largest absolute Gasteiger partial charge is 0.469 e. The molecule has 5 aliphatic rings. The zero-order chi connectivity index (χ0) is 25.3. The highest BCUT2D eigenvalue weighted by Crippen LogP contribution is 2.68. The molecule has 9 atom stereocenters. The van der Waals surface area contributed by atoms with Crippen molar-refractivity contribution in [3.8, 4) is 0 Å². The summed E-state index contributed by atoms with van der Waals surface area (Å²) >= 11 is 0. The summed E-state index contributed by atoms with van der Waals surface area (Å²) in [5, 5.41) is 4.00. The molecule has 0 bridgehead atoms. The third kappa shape index (κ3) is 5.16. The molecule has 0 aromatic carbocycles. The molecule has 4 nitrogen and oxygen atoms in total. The molecule has 206 valence electrons. The van der Waals surface area contributed by atoms with E-state index in [9.17, 15) is 4.79 Å². The molecule has 5 fully saturated rings. The van der Waals surface area contributed by atoms with E-state index < -0.39 is 0 Å². The van der Waals surface area contributed by atoms with Gasteiger partial charge < -0.3 is 15.0 Å². The highest BCUT2D eigenvalue weighted by Gasteiger charge is 2.60. The maximum atomic E-state index is 11.8. The fraction of sp³-hybridized carbons (Fsp3) is 0.969. The van der Waals surface area contributed by atoms with Crippen LogP contribution in [-0.4, -0.2) is 50.2 Å². The number of methoxy groups -OCH3 is 1. The molecule has 36 heavy (non-hydrogen) atoms. The van der Waals surface area contributed by atoms with Crippen molar-refractivity contribution in [1.82, 2.24) is 10.2 Å². The van der Waals surface area contributed by atoms with E-state index in [0.717, 1.165) is 42.1 Å². The van der Waals surface area contributed by atoms with E-state index in [0.29, 0.717) is 23.2 Å². The number of carbonyl (C=O) groups is 1. The van der Waals surface area contributed by atoms with Crippen LogP contribution in [0.3, 0.4) is 0 Å². The molecule has 5 rings (SSSR count). The summed E-state index contributed by atoms with van der Waals surface area (Å²) in [5.41, 5.74) is 1.07. The lowest BCUT2D eigenvalue weighted by atomic mass is 9.44. The van der Waals surface area contributed by atoms with Gasteiger partial charge in [-0.3, -0.25) is 4.79 Å². The molecular weight excluding hydrogens is 444 g/mol. The molecule has 0 amide bonds. The predicted molar refractivity (Wildman–Crippen MR) is 148 cm³/mol. The zero-order valence-corrected chi connectivity index (χ0v) is 24.0. The summed E-state index contributed by atoms with van der Waals surface area (Å²) in [6.07, 6.45) is 18.7. The van der Waals surface area contributed by atoms with Crippen LogP contribution in [0.1, 0.15) is 111 Å². The first-order valence-corrected chi connectivity index (χ1v) is 15.9. The Morgan fingerprint density at radius 2 is 1.72 bits per heavy atom. The standard InChI is InChI=1S/C32H56N2O2/c1-23(8-13-30(35)36-4)27-11-12-28-26-10-9-24-22-25(33-18-21-34-19-6-5-7-20-34)14-16-31(24,2)29(26)15-17-32(27,28)3/h23-29,33H,5-22H2,1-4H3/t23-,24+,25?,26?,27?,28?,29?,31?,32?/m1/s1. The second-order valence-electron chi connectivity index (χ2n) is 14.3. The maximum absolute atomic E-state index is 11.8. The van der Waals surface area contributed by atoms with E-state index in [2.05, 4.69) is 31.0 Å². The molecule has 4 aliphatic carbocycles. The Labute approximate surface area is 222 Å². The molecule has 7 unspecified atom stereocenters. The fourth-order valence-corrected chi connectivity index (χ4v) is 10.7. The van der Waals surface area contributed by atoms with Crippen LogP contribution in [-0.2, 0) is 9.53 Å². The molecule has 1 N–H and O–H groups in total. The van der Waals surface area contributed by atoms with E-state index in [-0.39, 0.29) is 5.97 Å². The average Bonchev–Trinajstić information content (AvgIpc) is 3.25. The van der Waals surface area contributed by atoms with E-state index in [1.54, 1.807) is 0 Å². The second-order valence-corrected chi connectivity index (χ2v) is 14.3. The fourth-order valence-electron chi connectivity index (χ4n) is 10.7. The lowest BCUT2D eigenvalue weighted by Gasteiger charge is -2.61. The number of esters is 1. The number of piperidine rings is 1. The van der Waals surface area contributed by atoms with E-state index in [4.69, 9.17) is 4.74 Å². The molecule has 0 radical (unpaired) electrons. The van der Waals surface area contributed by atoms with Gasteiger partial charge in [0.2, 0.25) is 0 Å². The van der Waals surface area contributed by atoms with Crippen LogP contribution in [0.25, 0.3) is 0 Å². The van der Waals surface area contributed by atoms with Gasteiger partial charge in [0.05, 0.1) is 7.11 Å². The highest BCUT2D eigenvalue weighted by molar-refractivity contribution is 5.69. The van der Waals surface area contributed by atoms with Crippen molar-refractivity contribution in [3.05, 3.63) is 0 Å². The second kappa shape index (κ2) is 11.2. The van der Waals surface area contributed by atoms with Crippen molar-refractivity contribution < 1.29 is 9.53 Å². The average molecular weight is 501 g/mol. The molecule has 1 aliphatic heterocycles. The van der Waals surface area contributed by atoms with E-state index in [1.807, 2.05) is 0 Å². The van der Waals surface area contributed by atoms with Crippen LogP contribution in [0.2, 0.25) is 0 Å². The number of rotatable bonds is 8. The molecule has 4 saturated carbocycles. The summed E-state index contributed by atoms with van der Waals surface area (Å²) in [4.78, 5) is 14.5. The van der Waals surface area contributed by atoms with Gasteiger partial charge in [-0.05, 0) is 136 Å². The first-order valence-electron chi connectivity index (χ1n) is 15.9. The van der Waals surface area contributed by atoms with Crippen LogP contribution in [0.5, 0.6) is 0 Å². The van der Waals surface area contributed by atoms with Gasteiger partial charge in [0.25, 0.3) is 0 Å². The number of ether oxygens (including phenoxy) is 1. The number of nitrogens with one attached hydrogen (secondary N) is 1. The Bertz CT molecular complexity index is 750. The number of likely N-dealkylation sites (tertiary alicyclic amines) is 1. The first kappa shape index (κ1) is 27.0. The SMILES string of the molecule is COC(=O)CC[C@@H](C)C1CCC2C3CC[C@H]4CC(NCCN5CCCCC5)CCC4(C)C3CCC21C.